The van der Waals surface area contributed by atoms with E-state index in [0.29, 0.717) is 6.54 Å². The number of nitrogens with two attached hydrogens (primary N) is 1. The molecule has 1 heterocycles. The number of halogens is 1. The molecule has 1 amide bonds. The number of rotatable bonds is 3. The Bertz CT molecular complexity index is 507. The maximum Gasteiger partial charge on any atom is 0.251 e. The van der Waals surface area contributed by atoms with Gasteiger partial charge in [-0.25, -0.2) is 9.37 Å². The molecular formula is C11H10FN3OS. The van der Waals surface area contributed by atoms with Gasteiger partial charge in [-0.2, -0.15) is 0 Å². The van der Waals surface area contributed by atoms with Crippen molar-refractivity contribution in [1.29, 1.82) is 0 Å². The molecule has 3 N–H and O–H groups in total. The zero-order valence-corrected chi connectivity index (χ0v) is 9.63. The minimum Gasteiger partial charge on any atom is -0.399 e. The molecule has 4 nitrogen and oxygen atoms in total. The van der Waals surface area contributed by atoms with E-state index in [1.807, 2.05) is 5.38 Å². The lowest BCUT2D eigenvalue weighted by Crippen LogP contribution is -2.22. The summed E-state index contributed by atoms with van der Waals surface area (Å²) in [5, 5.41) is 5.26. The van der Waals surface area contributed by atoms with Gasteiger partial charge in [0.1, 0.15) is 10.8 Å². The molecule has 0 aliphatic heterocycles. The number of benzene rings is 1. The van der Waals surface area contributed by atoms with Gasteiger partial charge in [-0.15, -0.1) is 11.3 Å². The van der Waals surface area contributed by atoms with Gasteiger partial charge in [0.2, 0.25) is 0 Å². The lowest BCUT2D eigenvalue weighted by Gasteiger charge is -2.04. The molecule has 0 radical (unpaired) electrons. The summed E-state index contributed by atoms with van der Waals surface area (Å²) in [5.74, 6) is -0.893. The van der Waals surface area contributed by atoms with Crippen LogP contribution in [0.2, 0.25) is 0 Å². The van der Waals surface area contributed by atoms with Crippen LogP contribution in [0, 0.1) is 5.82 Å². The fraction of sp³-hybridized carbons (Fsp3) is 0.0909. The molecule has 0 saturated carbocycles. The Morgan fingerprint density at radius 3 is 2.94 bits per heavy atom. The van der Waals surface area contributed by atoms with Crippen LogP contribution >= 0.6 is 11.3 Å². The van der Waals surface area contributed by atoms with E-state index < -0.39 is 5.82 Å². The Kier molecular flexibility index (Phi) is 3.34. The molecule has 1 aromatic heterocycles. The molecule has 2 rings (SSSR count). The number of amides is 1. The average Bonchev–Trinajstić information content (AvgIpc) is 2.77. The summed E-state index contributed by atoms with van der Waals surface area (Å²) in [5.41, 5.74) is 5.89. The molecule has 0 spiro atoms. The molecule has 6 heteroatoms. The molecule has 0 aliphatic carbocycles. The number of nitrogen functional groups attached to an aromatic ring is 1. The first-order valence-electron chi connectivity index (χ1n) is 4.88. The van der Waals surface area contributed by atoms with Crippen LogP contribution in [0.25, 0.3) is 0 Å². The number of carbonyl (C=O) groups excluding carboxylic acids is 1. The number of thiazole rings is 1. The van der Waals surface area contributed by atoms with E-state index in [1.54, 1.807) is 6.20 Å². The normalized spacial score (nSPS) is 10.2. The van der Waals surface area contributed by atoms with Gasteiger partial charge in [-0.3, -0.25) is 4.79 Å². The first-order chi connectivity index (χ1) is 8.15. The average molecular weight is 251 g/mol. The number of hydrogen-bond acceptors (Lipinski definition) is 4. The van der Waals surface area contributed by atoms with Crippen molar-refractivity contribution in [3.8, 4) is 0 Å². The largest absolute Gasteiger partial charge is 0.399 e. The van der Waals surface area contributed by atoms with Crippen molar-refractivity contribution in [1.82, 2.24) is 10.3 Å². The third kappa shape index (κ3) is 3.01. The SMILES string of the molecule is Nc1cc(F)cc(C(=O)NCc2nccs2)c1. The van der Waals surface area contributed by atoms with Crippen LogP contribution in [0.15, 0.2) is 29.8 Å². The molecule has 88 valence electrons. The number of anilines is 1. The number of nitrogens with zero attached hydrogens (tertiary/aromatic N) is 1. The molecule has 0 aliphatic rings. The Morgan fingerprint density at radius 2 is 2.29 bits per heavy atom. The molecule has 2 aromatic rings. The van der Waals surface area contributed by atoms with Crippen LogP contribution in [-0.2, 0) is 6.54 Å². The number of aromatic nitrogens is 1. The van der Waals surface area contributed by atoms with Crippen LogP contribution in [-0.4, -0.2) is 10.9 Å². The number of hydrogen-bond donors (Lipinski definition) is 2. The Balaban J connectivity index is 2.04. The highest BCUT2D eigenvalue weighted by Gasteiger charge is 2.08. The minimum atomic E-state index is -0.524. The predicted octanol–water partition coefficient (Wildman–Crippen LogP) is 1.79. The first-order valence-corrected chi connectivity index (χ1v) is 5.76. The summed E-state index contributed by atoms with van der Waals surface area (Å²) in [6.45, 7) is 0.326. The Hall–Kier alpha value is -1.95. The van der Waals surface area contributed by atoms with E-state index in [0.717, 1.165) is 17.1 Å². The van der Waals surface area contributed by atoms with Gasteiger partial charge in [0.25, 0.3) is 5.91 Å². The topological polar surface area (TPSA) is 68.0 Å². The molecule has 0 unspecified atom stereocenters. The molecule has 0 fully saturated rings. The molecule has 17 heavy (non-hydrogen) atoms. The van der Waals surface area contributed by atoms with Crippen molar-refractivity contribution in [2.24, 2.45) is 0 Å². The Labute approximate surface area is 101 Å². The molecule has 0 bridgehead atoms. The van der Waals surface area contributed by atoms with Gasteiger partial charge in [0, 0.05) is 22.8 Å². The van der Waals surface area contributed by atoms with E-state index in [-0.39, 0.29) is 17.2 Å². The second-order valence-electron chi connectivity index (χ2n) is 3.38. The maximum atomic E-state index is 13.0. The first kappa shape index (κ1) is 11.5. The van der Waals surface area contributed by atoms with Crippen LogP contribution < -0.4 is 11.1 Å². The van der Waals surface area contributed by atoms with E-state index in [9.17, 15) is 9.18 Å². The standard InChI is InChI=1S/C11H10FN3OS/c12-8-3-7(4-9(13)5-8)11(16)15-6-10-14-1-2-17-10/h1-5H,6,13H2,(H,15,16). The summed E-state index contributed by atoms with van der Waals surface area (Å²) in [6.07, 6.45) is 1.66. The minimum absolute atomic E-state index is 0.207. The fourth-order valence-electron chi connectivity index (χ4n) is 1.34. The lowest BCUT2D eigenvalue weighted by molar-refractivity contribution is 0.0950. The van der Waals surface area contributed by atoms with Crippen LogP contribution in [0.4, 0.5) is 10.1 Å². The second kappa shape index (κ2) is 4.92. The second-order valence-corrected chi connectivity index (χ2v) is 4.36. The summed E-state index contributed by atoms with van der Waals surface area (Å²) in [7, 11) is 0. The molecule has 0 saturated heterocycles. The Morgan fingerprint density at radius 1 is 1.47 bits per heavy atom. The van der Waals surface area contributed by atoms with Crippen molar-refractivity contribution in [2.75, 3.05) is 5.73 Å². The van der Waals surface area contributed by atoms with Gasteiger partial charge >= 0.3 is 0 Å². The van der Waals surface area contributed by atoms with E-state index in [2.05, 4.69) is 10.3 Å². The summed E-state index contributed by atoms with van der Waals surface area (Å²) < 4.78 is 13.0. The van der Waals surface area contributed by atoms with Crippen molar-refractivity contribution in [2.45, 2.75) is 6.54 Å². The van der Waals surface area contributed by atoms with Crippen molar-refractivity contribution >= 4 is 22.9 Å². The monoisotopic (exact) mass is 251 g/mol. The van der Waals surface area contributed by atoms with Crippen molar-refractivity contribution < 1.29 is 9.18 Å². The van der Waals surface area contributed by atoms with Gasteiger partial charge in [0.15, 0.2) is 0 Å². The quantitative estimate of drug-likeness (QED) is 0.817. The van der Waals surface area contributed by atoms with E-state index in [4.69, 9.17) is 5.73 Å². The van der Waals surface area contributed by atoms with E-state index >= 15 is 0 Å². The molecular weight excluding hydrogens is 241 g/mol. The summed E-state index contributed by atoms with van der Waals surface area (Å²) >= 11 is 1.44. The van der Waals surface area contributed by atoms with Gasteiger partial charge in [0.05, 0.1) is 6.54 Å². The van der Waals surface area contributed by atoms with E-state index in [1.165, 1.54) is 17.4 Å². The van der Waals surface area contributed by atoms with Gasteiger partial charge in [-0.05, 0) is 18.2 Å². The zero-order chi connectivity index (χ0) is 12.3. The summed E-state index contributed by atoms with van der Waals surface area (Å²) in [6, 6.07) is 3.74. The molecule has 0 atom stereocenters. The highest BCUT2D eigenvalue weighted by molar-refractivity contribution is 7.09. The maximum absolute atomic E-state index is 13.0. The third-order valence-corrected chi connectivity index (χ3v) is 2.85. The third-order valence-electron chi connectivity index (χ3n) is 2.07. The van der Waals surface area contributed by atoms with Gasteiger partial charge in [-0.1, -0.05) is 0 Å². The highest BCUT2D eigenvalue weighted by Crippen LogP contribution is 2.11. The lowest BCUT2D eigenvalue weighted by atomic mass is 10.2. The van der Waals surface area contributed by atoms with Crippen molar-refractivity contribution in [3.05, 3.63) is 46.2 Å². The van der Waals surface area contributed by atoms with Gasteiger partial charge < -0.3 is 11.1 Å². The predicted molar refractivity (Wildman–Crippen MR) is 64.1 cm³/mol. The van der Waals surface area contributed by atoms with Crippen LogP contribution in [0.3, 0.4) is 0 Å². The fourth-order valence-corrected chi connectivity index (χ4v) is 1.90. The van der Waals surface area contributed by atoms with Crippen LogP contribution in [0.5, 0.6) is 0 Å². The van der Waals surface area contributed by atoms with Crippen molar-refractivity contribution in [3.63, 3.8) is 0 Å². The van der Waals surface area contributed by atoms with Crippen LogP contribution in [0.1, 0.15) is 15.4 Å². The molecule has 1 aromatic carbocycles. The zero-order valence-electron chi connectivity index (χ0n) is 8.81. The highest BCUT2D eigenvalue weighted by atomic mass is 32.1. The smallest absolute Gasteiger partial charge is 0.251 e. The number of nitrogens with one attached hydrogen (secondary N) is 1. The summed E-state index contributed by atoms with van der Waals surface area (Å²) in [4.78, 5) is 15.7. The number of carbonyl (C=O) groups is 1.